The number of Topliss-reactive ketones (excluding diaryl/α,β-unsaturated/α-hetero) is 2. The Hall–Kier alpha value is -2.56. The van der Waals surface area contributed by atoms with Crippen molar-refractivity contribution >= 4 is 11.6 Å². The van der Waals surface area contributed by atoms with E-state index in [4.69, 9.17) is 0 Å². The first kappa shape index (κ1) is 17.3. The van der Waals surface area contributed by atoms with Gasteiger partial charge >= 0.3 is 0 Å². The van der Waals surface area contributed by atoms with Crippen LogP contribution in [-0.2, 0) is 9.59 Å². The van der Waals surface area contributed by atoms with E-state index in [-0.39, 0.29) is 40.3 Å². The summed E-state index contributed by atoms with van der Waals surface area (Å²) in [5, 5.41) is 29.9. The number of aromatic hydroxyl groups is 1. The maximum atomic E-state index is 12.9. The number of benzene rings is 1. The average Bonchev–Trinajstić information content (AvgIpc) is 3.32. The van der Waals surface area contributed by atoms with E-state index in [9.17, 15) is 24.9 Å². The number of ketones is 2. The molecule has 1 fully saturated rings. The van der Waals surface area contributed by atoms with Gasteiger partial charge in [-0.25, -0.2) is 0 Å². The number of phenolic OH excluding ortho intramolecular Hbond substituents is 1. The molecular formula is C20H22O5. The summed E-state index contributed by atoms with van der Waals surface area (Å²) in [6, 6.07) is 5.02. The van der Waals surface area contributed by atoms with Crippen LogP contribution in [0.1, 0.15) is 44.2 Å². The molecular weight excluding hydrogens is 320 g/mol. The largest absolute Gasteiger partial charge is 0.511 e. The maximum Gasteiger partial charge on any atom is 0.183 e. The second kappa shape index (κ2) is 5.48. The molecule has 2 aliphatic carbocycles. The quantitative estimate of drug-likeness (QED) is 0.729. The van der Waals surface area contributed by atoms with Gasteiger partial charge < -0.3 is 15.3 Å². The van der Waals surface area contributed by atoms with Gasteiger partial charge in [0.15, 0.2) is 11.6 Å². The van der Waals surface area contributed by atoms with Gasteiger partial charge in [0.2, 0.25) is 0 Å². The summed E-state index contributed by atoms with van der Waals surface area (Å²) in [5.41, 5.74) is 0.603. The Labute approximate surface area is 146 Å². The fourth-order valence-corrected chi connectivity index (χ4v) is 3.61. The minimum atomic E-state index is -1.22. The molecule has 1 aromatic rings. The average molecular weight is 342 g/mol. The van der Waals surface area contributed by atoms with Gasteiger partial charge in [0.1, 0.15) is 22.8 Å². The zero-order valence-electron chi connectivity index (χ0n) is 14.8. The zero-order chi connectivity index (χ0) is 18.7. The Morgan fingerprint density at radius 3 is 2.40 bits per heavy atom. The number of rotatable bonds is 3. The third-order valence-electron chi connectivity index (χ3n) is 5.36. The van der Waals surface area contributed by atoms with E-state index in [1.165, 1.54) is 6.92 Å². The number of aryl methyl sites for hydroxylation is 1. The second-order valence-corrected chi connectivity index (χ2v) is 7.51. The van der Waals surface area contributed by atoms with Crippen molar-refractivity contribution in [3.8, 4) is 5.75 Å². The van der Waals surface area contributed by atoms with Crippen molar-refractivity contribution in [2.45, 2.75) is 40.0 Å². The van der Waals surface area contributed by atoms with Crippen molar-refractivity contribution in [2.24, 2.45) is 11.3 Å². The Balaban J connectivity index is 1.93. The number of hydrogen-bond donors (Lipinski definition) is 3. The van der Waals surface area contributed by atoms with Crippen LogP contribution in [-0.4, -0.2) is 26.9 Å². The number of aliphatic hydroxyl groups excluding tert-OH is 2. The van der Waals surface area contributed by atoms with Crippen LogP contribution in [0.5, 0.6) is 5.75 Å². The third-order valence-corrected chi connectivity index (χ3v) is 5.36. The lowest BCUT2D eigenvalue weighted by atomic mass is 9.74. The van der Waals surface area contributed by atoms with Crippen LogP contribution in [0.15, 0.2) is 40.9 Å². The molecule has 2 unspecified atom stereocenters. The Kier molecular flexibility index (Phi) is 3.78. The lowest BCUT2D eigenvalue weighted by Crippen LogP contribution is -2.36. The fourth-order valence-electron chi connectivity index (χ4n) is 3.61. The molecule has 132 valence electrons. The van der Waals surface area contributed by atoms with Crippen molar-refractivity contribution in [3.05, 3.63) is 52.0 Å². The van der Waals surface area contributed by atoms with E-state index in [0.717, 1.165) is 11.1 Å². The van der Waals surface area contributed by atoms with Crippen LogP contribution < -0.4 is 0 Å². The predicted molar refractivity (Wildman–Crippen MR) is 92.5 cm³/mol. The van der Waals surface area contributed by atoms with Crippen molar-refractivity contribution in [2.75, 3.05) is 0 Å². The lowest BCUT2D eigenvalue weighted by molar-refractivity contribution is -0.127. The van der Waals surface area contributed by atoms with Crippen LogP contribution in [0.25, 0.3) is 0 Å². The molecule has 0 radical (unpaired) electrons. The van der Waals surface area contributed by atoms with E-state index < -0.39 is 17.0 Å². The number of aliphatic hydroxyl groups is 2. The Morgan fingerprint density at radius 2 is 1.80 bits per heavy atom. The first-order valence-corrected chi connectivity index (χ1v) is 8.29. The Morgan fingerprint density at radius 1 is 1.16 bits per heavy atom. The summed E-state index contributed by atoms with van der Waals surface area (Å²) in [4.78, 5) is 25.6. The van der Waals surface area contributed by atoms with Gasteiger partial charge in [-0.15, -0.1) is 0 Å². The van der Waals surface area contributed by atoms with E-state index in [0.29, 0.717) is 6.42 Å². The minimum Gasteiger partial charge on any atom is -0.511 e. The summed E-state index contributed by atoms with van der Waals surface area (Å²) >= 11 is 0. The van der Waals surface area contributed by atoms with Gasteiger partial charge in [0.05, 0.1) is 5.41 Å². The normalized spacial score (nSPS) is 25.4. The molecule has 25 heavy (non-hydrogen) atoms. The summed E-state index contributed by atoms with van der Waals surface area (Å²) in [5.74, 6) is -1.76. The van der Waals surface area contributed by atoms with E-state index in [2.05, 4.69) is 0 Å². The zero-order valence-corrected chi connectivity index (χ0v) is 14.8. The lowest BCUT2D eigenvalue weighted by Gasteiger charge is -2.29. The molecule has 2 atom stereocenters. The van der Waals surface area contributed by atoms with Crippen LogP contribution >= 0.6 is 0 Å². The van der Waals surface area contributed by atoms with Crippen LogP contribution in [0.3, 0.4) is 0 Å². The SMILES string of the molecule is CC1=C(O)C(C)(C)C(=O)C(C(=O)C2CC2c2ccc(O)cc2C)=C1O. The molecule has 2 aliphatic rings. The third kappa shape index (κ3) is 2.54. The number of hydrogen-bond acceptors (Lipinski definition) is 5. The van der Waals surface area contributed by atoms with Gasteiger partial charge in [0, 0.05) is 11.5 Å². The molecule has 3 N–H and O–H groups in total. The molecule has 1 aromatic carbocycles. The molecule has 0 heterocycles. The molecule has 0 spiro atoms. The number of carbonyl (C=O) groups is 2. The molecule has 0 bridgehead atoms. The predicted octanol–water partition coefficient (Wildman–Crippen LogP) is 3.63. The number of carbonyl (C=O) groups excluding carboxylic acids is 2. The van der Waals surface area contributed by atoms with E-state index >= 15 is 0 Å². The van der Waals surface area contributed by atoms with Crippen molar-refractivity contribution in [1.82, 2.24) is 0 Å². The summed E-state index contributed by atoms with van der Waals surface area (Å²) in [6.07, 6.45) is 0.601. The topological polar surface area (TPSA) is 94.8 Å². The molecule has 5 heteroatoms. The highest BCUT2D eigenvalue weighted by Gasteiger charge is 2.51. The summed E-state index contributed by atoms with van der Waals surface area (Å²) < 4.78 is 0. The Bertz CT molecular complexity index is 857. The van der Waals surface area contributed by atoms with Crippen LogP contribution in [0, 0.1) is 18.3 Å². The number of phenols is 1. The monoisotopic (exact) mass is 342 g/mol. The smallest absolute Gasteiger partial charge is 0.183 e. The van der Waals surface area contributed by atoms with Gasteiger partial charge in [-0.1, -0.05) is 6.07 Å². The molecule has 0 saturated heterocycles. The van der Waals surface area contributed by atoms with Crippen LogP contribution in [0.4, 0.5) is 0 Å². The first-order valence-electron chi connectivity index (χ1n) is 8.29. The van der Waals surface area contributed by atoms with Gasteiger partial charge in [-0.3, -0.25) is 9.59 Å². The highest BCUT2D eigenvalue weighted by Crippen LogP contribution is 2.52. The van der Waals surface area contributed by atoms with Crippen molar-refractivity contribution in [1.29, 1.82) is 0 Å². The molecule has 0 aromatic heterocycles. The molecule has 5 nitrogen and oxygen atoms in total. The van der Waals surface area contributed by atoms with Crippen molar-refractivity contribution in [3.63, 3.8) is 0 Å². The standard InChI is InChI=1S/C20H22O5/c1-9-7-11(21)5-6-12(9)13-8-14(13)17(23)15-16(22)10(2)18(24)20(3,4)19(15)25/h5-7,13-14,21-22,24H,8H2,1-4H3. The van der Waals surface area contributed by atoms with Gasteiger partial charge in [-0.05, 0) is 63.3 Å². The second-order valence-electron chi connectivity index (χ2n) is 7.51. The molecule has 3 rings (SSSR count). The first-order chi connectivity index (χ1) is 11.6. The molecule has 1 saturated carbocycles. The van der Waals surface area contributed by atoms with E-state index in [1.807, 2.05) is 6.92 Å². The molecule has 0 amide bonds. The minimum absolute atomic E-state index is 0.0240. The maximum absolute atomic E-state index is 12.9. The van der Waals surface area contributed by atoms with Gasteiger partial charge in [0.25, 0.3) is 0 Å². The fraction of sp³-hybridized carbons (Fsp3) is 0.400. The highest BCUT2D eigenvalue weighted by molar-refractivity contribution is 6.25. The summed E-state index contributed by atoms with van der Waals surface area (Å²) in [7, 11) is 0. The highest BCUT2D eigenvalue weighted by atomic mass is 16.3. The molecule has 0 aliphatic heterocycles. The number of allylic oxidation sites excluding steroid dienone is 3. The summed E-state index contributed by atoms with van der Waals surface area (Å²) in [6.45, 7) is 6.46. The van der Waals surface area contributed by atoms with Gasteiger partial charge in [-0.2, -0.15) is 0 Å². The van der Waals surface area contributed by atoms with Crippen molar-refractivity contribution < 1.29 is 24.9 Å². The van der Waals surface area contributed by atoms with E-state index in [1.54, 1.807) is 32.0 Å². The van der Waals surface area contributed by atoms with Crippen LogP contribution in [0.2, 0.25) is 0 Å².